The number of anilines is 1. The average Bonchev–Trinajstić information content (AvgIpc) is 2.20. The molecular formula is C10H11F2NO. The predicted molar refractivity (Wildman–Crippen MR) is 50.5 cm³/mol. The number of halogens is 2. The summed E-state index contributed by atoms with van der Waals surface area (Å²) in [5, 5.41) is 0. The van der Waals surface area contributed by atoms with Gasteiger partial charge in [0.05, 0.1) is 0 Å². The summed E-state index contributed by atoms with van der Waals surface area (Å²) in [5.41, 5.74) is 0.500. The lowest BCUT2D eigenvalue weighted by atomic mass is 10.3. The molecule has 0 fully saturated rings. The highest BCUT2D eigenvalue weighted by Gasteiger charge is 2.22. The number of amides is 1. The molecule has 1 aromatic carbocycles. The molecule has 0 aliphatic heterocycles. The van der Waals surface area contributed by atoms with Crippen LogP contribution in [0.15, 0.2) is 30.3 Å². The Bertz CT molecular complexity index is 300. The first-order chi connectivity index (χ1) is 6.66. The van der Waals surface area contributed by atoms with Crippen LogP contribution in [0.5, 0.6) is 0 Å². The lowest BCUT2D eigenvalue weighted by molar-refractivity contribution is -0.128. The van der Waals surface area contributed by atoms with Crippen LogP contribution in [-0.2, 0) is 4.79 Å². The lowest BCUT2D eigenvalue weighted by Crippen LogP contribution is -2.35. The van der Waals surface area contributed by atoms with Gasteiger partial charge in [-0.05, 0) is 19.1 Å². The summed E-state index contributed by atoms with van der Waals surface area (Å²) < 4.78 is 24.3. The number of carbonyl (C=O) groups excluding carboxylic acids is 1. The van der Waals surface area contributed by atoms with Crippen molar-refractivity contribution in [2.45, 2.75) is 13.3 Å². The highest BCUT2D eigenvalue weighted by atomic mass is 19.3. The van der Waals surface area contributed by atoms with Gasteiger partial charge in [0.1, 0.15) is 0 Å². The summed E-state index contributed by atoms with van der Waals surface area (Å²) in [6, 6.07) is 8.44. The second-order valence-electron chi connectivity index (χ2n) is 2.72. The molecule has 0 saturated carbocycles. The Labute approximate surface area is 81.1 Å². The number of benzene rings is 1. The van der Waals surface area contributed by atoms with Gasteiger partial charge in [-0.25, -0.2) is 0 Å². The van der Waals surface area contributed by atoms with Crippen molar-refractivity contribution in [1.82, 2.24) is 0 Å². The fraction of sp³-hybridized carbons (Fsp3) is 0.300. The summed E-state index contributed by atoms with van der Waals surface area (Å²) >= 11 is 0. The summed E-state index contributed by atoms with van der Waals surface area (Å²) in [6.07, 6.45) is -2.95. The highest BCUT2D eigenvalue weighted by molar-refractivity contribution is 5.95. The number of hydrogen-bond acceptors (Lipinski definition) is 1. The van der Waals surface area contributed by atoms with Crippen molar-refractivity contribution in [2.24, 2.45) is 0 Å². The smallest absolute Gasteiger partial charge is 0.308 e. The molecular weight excluding hydrogens is 188 g/mol. The second kappa shape index (κ2) is 4.69. The Kier molecular flexibility index (Phi) is 3.56. The Hall–Kier alpha value is -1.45. The van der Waals surface area contributed by atoms with Crippen LogP contribution in [-0.4, -0.2) is 18.9 Å². The summed E-state index contributed by atoms with van der Waals surface area (Å²) in [6.45, 7) is 1.90. The number of rotatable bonds is 3. The van der Waals surface area contributed by atoms with E-state index in [4.69, 9.17) is 0 Å². The molecule has 1 aromatic rings. The molecule has 0 aliphatic carbocycles. The van der Waals surface area contributed by atoms with Gasteiger partial charge in [0.15, 0.2) is 0 Å². The van der Waals surface area contributed by atoms with Crippen LogP contribution in [0, 0.1) is 0 Å². The zero-order valence-electron chi connectivity index (χ0n) is 7.78. The Morgan fingerprint density at radius 2 is 1.93 bits per heavy atom. The molecule has 0 N–H and O–H groups in total. The number of para-hydroxylation sites is 1. The van der Waals surface area contributed by atoms with E-state index in [1.54, 1.807) is 37.3 Å². The van der Waals surface area contributed by atoms with E-state index in [0.717, 1.165) is 4.90 Å². The Morgan fingerprint density at radius 3 is 2.36 bits per heavy atom. The monoisotopic (exact) mass is 199 g/mol. The van der Waals surface area contributed by atoms with Crippen molar-refractivity contribution >= 4 is 11.6 Å². The van der Waals surface area contributed by atoms with Gasteiger partial charge in [-0.3, -0.25) is 4.79 Å². The zero-order chi connectivity index (χ0) is 10.6. The quantitative estimate of drug-likeness (QED) is 0.731. The van der Waals surface area contributed by atoms with Crippen LogP contribution in [0.1, 0.15) is 6.92 Å². The molecule has 0 spiro atoms. The number of carbonyl (C=O) groups is 1. The summed E-state index contributed by atoms with van der Waals surface area (Å²) in [5.74, 6) is -1.15. The van der Waals surface area contributed by atoms with Crippen LogP contribution in [0.3, 0.4) is 0 Å². The minimum atomic E-state index is -2.95. The minimum absolute atomic E-state index is 0.243. The van der Waals surface area contributed by atoms with Crippen LogP contribution < -0.4 is 4.90 Å². The van der Waals surface area contributed by atoms with Crippen LogP contribution in [0.2, 0.25) is 0 Å². The van der Waals surface area contributed by atoms with Gasteiger partial charge in [-0.2, -0.15) is 8.78 Å². The first kappa shape index (κ1) is 10.6. The standard InChI is InChI=1S/C10H11F2NO/c1-2-13(10(14)9(11)12)8-6-4-3-5-7-8/h3-7,9H,2H2,1H3. The molecule has 14 heavy (non-hydrogen) atoms. The van der Waals surface area contributed by atoms with Gasteiger partial charge < -0.3 is 4.90 Å². The summed E-state index contributed by atoms with van der Waals surface area (Å²) in [7, 11) is 0. The average molecular weight is 199 g/mol. The molecule has 0 aromatic heterocycles. The van der Waals surface area contributed by atoms with Crippen molar-refractivity contribution in [3.8, 4) is 0 Å². The number of nitrogens with zero attached hydrogens (tertiary/aromatic N) is 1. The van der Waals surface area contributed by atoms with Crippen molar-refractivity contribution in [3.05, 3.63) is 30.3 Å². The minimum Gasteiger partial charge on any atom is -0.308 e. The molecule has 0 radical (unpaired) electrons. The van der Waals surface area contributed by atoms with E-state index >= 15 is 0 Å². The third-order valence-corrected chi connectivity index (χ3v) is 1.84. The zero-order valence-corrected chi connectivity index (χ0v) is 7.78. The molecule has 0 bridgehead atoms. The fourth-order valence-corrected chi connectivity index (χ4v) is 1.19. The van der Waals surface area contributed by atoms with Gasteiger partial charge in [0.25, 0.3) is 5.91 Å². The van der Waals surface area contributed by atoms with Crippen LogP contribution in [0.4, 0.5) is 14.5 Å². The maximum atomic E-state index is 12.2. The number of alkyl halides is 2. The molecule has 1 amide bonds. The van der Waals surface area contributed by atoms with E-state index in [1.807, 2.05) is 0 Å². The third-order valence-electron chi connectivity index (χ3n) is 1.84. The van der Waals surface area contributed by atoms with E-state index in [9.17, 15) is 13.6 Å². The highest BCUT2D eigenvalue weighted by Crippen LogP contribution is 2.15. The Balaban J connectivity index is 2.88. The van der Waals surface area contributed by atoms with E-state index in [-0.39, 0.29) is 6.54 Å². The van der Waals surface area contributed by atoms with E-state index in [2.05, 4.69) is 0 Å². The largest absolute Gasteiger partial charge is 0.316 e. The molecule has 1 rings (SSSR count). The van der Waals surface area contributed by atoms with E-state index in [0.29, 0.717) is 5.69 Å². The third kappa shape index (κ3) is 2.28. The number of hydrogen-bond donors (Lipinski definition) is 0. The molecule has 0 atom stereocenters. The second-order valence-corrected chi connectivity index (χ2v) is 2.72. The van der Waals surface area contributed by atoms with Gasteiger partial charge in [0, 0.05) is 12.2 Å². The lowest BCUT2D eigenvalue weighted by Gasteiger charge is -2.20. The topological polar surface area (TPSA) is 20.3 Å². The summed E-state index contributed by atoms with van der Waals surface area (Å²) in [4.78, 5) is 12.1. The predicted octanol–water partition coefficient (Wildman–Crippen LogP) is 2.30. The van der Waals surface area contributed by atoms with Crippen LogP contribution >= 0.6 is 0 Å². The molecule has 4 heteroatoms. The molecule has 76 valence electrons. The van der Waals surface area contributed by atoms with Crippen molar-refractivity contribution in [1.29, 1.82) is 0 Å². The van der Waals surface area contributed by atoms with Gasteiger partial charge in [-0.1, -0.05) is 18.2 Å². The normalized spacial score (nSPS) is 10.3. The SMILES string of the molecule is CCN(C(=O)C(F)F)c1ccccc1. The molecule has 0 saturated heterocycles. The van der Waals surface area contributed by atoms with Crippen LogP contribution in [0.25, 0.3) is 0 Å². The maximum absolute atomic E-state index is 12.2. The van der Waals surface area contributed by atoms with Crippen molar-refractivity contribution in [3.63, 3.8) is 0 Å². The molecule has 0 aliphatic rings. The maximum Gasteiger partial charge on any atom is 0.316 e. The fourth-order valence-electron chi connectivity index (χ4n) is 1.19. The van der Waals surface area contributed by atoms with Crippen molar-refractivity contribution < 1.29 is 13.6 Å². The molecule has 0 unspecified atom stereocenters. The first-order valence-electron chi connectivity index (χ1n) is 4.31. The van der Waals surface area contributed by atoms with Crippen molar-refractivity contribution in [2.75, 3.05) is 11.4 Å². The van der Waals surface area contributed by atoms with Gasteiger partial charge in [0.2, 0.25) is 0 Å². The van der Waals surface area contributed by atoms with E-state index in [1.165, 1.54) is 0 Å². The molecule has 0 heterocycles. The van der Waals surface area contributed by atoms with Gasteiger partial charge in [-0.15, -0.1) is 0 Å². The van der Waals surface area contributed by atoms with Gasteiger partial charge >= 0.3 is 6.43 Å². The molecule has 2 nitrogen and oxygen atoms in total. The Morgan fingerprint density at radius 1 is 1.36 bits per heavy atom. The first-order valence-corrected chi connectivity index (χ1v) is 4.31. The van der Waals surface area contributed by atoms with E-state index < -0.39 is 12.3 Å².